The number of carbonyl (C=O) groups is 2. The first-order valence-electron chi connectivity index (χ1n) is 11.7. The molecule has 0 saturated heterocycles. The summed E-state index contributed by atoms with van der Waals surface area (Å²) in [7, 11) is 0. The number of rotatable bonds is 9. The molecule has 0 radical (unpaired) electrons. The summed E-state index contributed by atoms with van der Waals surface area (Å²) in [6.45, 7) is 3.96. The van der Waals surface area contributed by atoms with Gasteiger partial charge in [-0.15, -0.1) is 28.1 Å². The number of hydrogen-bond acceptors (Lipinski definition) is 7. The third-order valence-electron chi connectivity index (χ3n) is 5.77. The SMILES string of the molecule is C=CCn1c(CC(=O)Nc2cccc(C(F)(F)F)c2)nnc1SCC(=O)Nc1sc2c(c1C#N)CCCC2. The van der Waals surface area contributed by atoms with Crippen LogP contribution in [0.2, 0.25) is 0 Å². The molecule has 2 N–H and O–H groups in total. The van der Waals surface area contributed by atoms with Crippen molar-refractivity contribution in [3.05, 3.63) is 64.3 Å². The number of aromatic nitrogens is 3. The van der Waals surface area contributed by atoms with Gasteiger partial charge in [0.25, 0.3) is 0 Å². The van der Waals surface area contributed by atoms with Gasteiger partial charge >= 0.3 is 6.18 Å². The van der Waals surface area contributed by atoms with Crippen LogP contribution in [0.3, 0.4) is 0 Å². The first kappa shape index (κ1) is 27.4. The molecule has 2 heterocycles. The number of thiophene rings is 1. The Balaban J connectivity index is 1.39. The monoisotopic (exact) mass is 560 g/mol. The summed E-state index contributed by atoms with van der Waals surface area (Å²) in [5, 5.41) is 23.9. The number of halogens is 3. The molecule has 4 rings (SSSR count). The number of fused-ring (bicyclic) bond motifs is 1. The minimum absolute atomic E-state index is 0.000851. The minimum Gasteiger partial charge on any atom is -0.326 e. The molecule has 1 aliphatic carbocycles. The van der Waals surface area contributed by atoms with Gasteiger partial charge in [-0.2, -0.15) is 18.4 Å². The van der Waals surface area contributed by atoms with Gasteiger partial charge in [-0.1, -0.05) is 23.9 Å². The van der Waals surface area contributed by atoms with E-state index in [9.17, 15) is 28.0 Å². The zero-order valence-electron chi connectivity index (χ0n) is 20.1. The average Bonchev–Trinajstić information content (AvgIpc) is 3.42. The van der Waals surface area contributed by atoms with Crippen molar-refractivity contribution in [1.29, 1.82) is 5.26 Å². The molecule has 1 aromatic carbocycles. The summed E-state index contributed by atoms with van der Waals surface area (Å²) in [5.74, 6) is -0.599. The van der Waals surface area contributed by atoms with Gasteiger partial charge in [-0.3, -0.25) is 9.59 Å². The first-order chi connectivity index (χ1) is 18.2. The van der Waals surface area contributed by atoms with Crippen LogP contribution in [0, 0.1) is 11.3 Å². The van der Waals surface area contributed by atoms with E-state index in [1.54, 1.807) is 10.6 Å². The van der Waals surface area contributed by atoms with Crippen molar-refractivity contribution in [2.24, 2.45) is 0 Å². The highest BCUT2D eigenvalue weighted by atomic mass is 32.2. The van der Waals surface area contributed by atoms with E-state index >= 15 is 0 Å². The Bertz CT molecular complexity index is 1410. The van der Waals surface area contributed by atoms with Crippen molar-refractivity contribution in [2.45, 2.75) is 50.0 Å². The lowest BCUT2D eigenvalue weighted by molar-refractivity contribution is -0.137. The predicted molar refractivity (Wildman–Crippen MR) is 139 cm³/mol. The molecule has 2 amide bonds. The highest BCUT2D eigenvalue weighted by molar-refractivity contribution is 7.99. The zero-order valence-corrected chi connectivity index (χ0v) is 21.7. The number of anilines is 2. The number of nitriles is 1. The van der Waals surface area contributed by atoms with E-state index in [0.29, 0.717) is 15.7 Å². The third kappa shape index (κ3) is 6.43. The number of benzene rings is 1. The molecule has 8 nitrogen and oxygen atoms in total. The van der Waals surface area contributed by atoms with E-state index in [-0.39, 0.29) is 36.1 Å². The van der Waals surface area contributed by atoms with Crippen molar-refractivity contribution >= 4 is 45.6 Å². The fourth-order valence-corrected chi connectivity index (χ4v) is 6.08. The summed E-state index contributed by atoms with van der Waals surface area (Å²) in [5.41, 5.74) is 0.710. The number of amides is 2. The molecule has 0 atom stereocenters. The Kier molecular flexibility index (Phi) is 8.53. The van der Waals surface area contributed by atoms with Crippen LogP contribution in [0.25, 0.3) is 0 Å². The van der Waals surface area contributed by atoms with Crippen LogP contribution in [0.1, 0.15) is 40.2 Å². The molecular weight excluding hydrogens is 537 g/mol. The Morgan fingerprint density at radius 1 is 1.21 bits per heavy atom. The number of nitrogens with zero attached hydrogens (tertiary/aromatic N) is 4. The molecule has 0 fully saturated rings. The van der Waals surface area contributed by atoms with Crippen LogP contribution in [-0.2, 0) is 41.6 Å². The molecule has 0 unspecified atom stereocenters. The van der Waals surface area contributed by atoms with E-state index in [1.165, 1.54) is 23.5 Å². The number of nitrogens with one attached hydrogen (secondary N) is 2. The number of alkyl halides is 3. The molecule has 0 bridgehead atoms. The van der Waals surface area contributed by atoms with Crippen LogP contribution in [0.4, 0.5) is 23.9 Å². The topological polar surface area (TPSA) is 113 Å². The van der Waals surface area contributed by atoms with Crippen LogP contribution < -0.4 is 10.6 Å². The van der Waals surface area contributed by atoms with E-state index < -0.39 is 17.6 Å². The lowest BCUT2D eigenvalue weighted by atomic mass is 9.96. The van der Waals surface area contributed by atoms with Crippen molar-refractivity contribution in [3.8, 4) is 6.07 Å². The second kappa shape index (κ2) is 11.8. The quantitative estimate of drug-likeness (QED) is 0.275. The first-order valence-corrected chi connectivity index (χ1v) is 13.5. The van der Waals surface area contributed by atoms with Gasteiger partial charge in [0.05, 0.1) is 23.3 Å². The number of hydrogen-bond donors (Lipinski definition) is 2. The smallest absolute Gasteiger partial charge is 0.326 e. The fourth-order valence-electron chi connectivity index (χ4n) is 4.06. The van der Waals surface area contributed by atoms with Crippen molar-refractivity contribution < 1.29 is 22.8 Å². The maximum Gasteiger partial charge on any atom is 0.416 e. The molecule has 198 valence electrons. The molecule has 3 aromatic rings. The largest absolute Gasteiger partial charge is 0.416 e. The maximum absolute atomic E-state index is 12.9. The van der Waals surface area contributed by atoms with E-state index in [1.807, 2.05) is 0 Å². The van der Waals surface area contributed by atoms with Crippen LogP contribution >= 0.6 is 23.1 Å². The Labute approximate surface area is 224 Å². The zero-order chi connectivity index (χ0) is 27.3. The molecule has 0 aliphatic heterocycles. The fraction of sp³-hybridized carbons (Fsp3) is 0.320. The average molecular weight is 561 g/mol. The summed E-state index contributed by atoms with van der Waals surface area (Å²) in [6.07, 6.45) is 0.666. The molecule has 13 heteroatoms. The third-order valence-corrected chi connectivity index (χ3v) is 7.94. The van der Waals surface area contributed by atoms with Crippen molar-refractivity contribution in [1.82, 2.24) is 14.8 Å². The van der Waals surface area contributed by atoms with Crippen LogP contribution in [0.5, 0.6) is 0 Å². The molecule has 0 saturated carbocycles. The number of thioether (sulfide) groups is 1. The molecule has 38 heavy (non-hydrogen) atoms. The van der Waals surface area contributed by atoms with Gasteiger partial charge in [0.2, 0.25) is 11.8 Å². The summed E-state index contributed by atoms with van der Waals surface area (Å²) >= 11 is 2.56. The summed E-state index contributed by atoms with van der Waals surface area (Å²) in [4.78, 5) is 26.3. The van der Waals surface area contributed by atoms with Gasteiger partial charge in [-0.25, -0.2) is 0 Å². The normalized spacial score (nSPS) is 12.9. The predicted octanol–water partition coefficient (Wildman–Crippen LogP) is 5.21. The lowest BCUT2D eigenvalue weighted by Crippen LogP contribution is -2.18. The summed E-state index contributed by atoms with van der Waals surface area (Å²) < 4.78 is 40.5. The Hall–Kier alpha value is -3.63. The Morgan fingerprint density at radius 2 is 2.00 bits per heavy atom. The van der Waals surface area contributed by atoms with Crippen LogP contribution in [0.15, 0.2) is 42.1 Å². The molecular formula is C25H23F3N6O2S2. The maximum atomic E-state index is 12.9. The number of carbonyl (C=O) groups excluding carboxylic acids is 2. The highest BCUT2D eigenvalue weighted by Crippen LogP contribution is 2.37. The molecule has 2 aromatic heterocycles. The van der Waals surface area contributed by atoms with E-state index in [0.717, 1.165) is 60.0 Å². The van der Waals surface area contributed by atoms with Crippen LogP contribution in [-0.4, -0.2) is 32.3 Å². The summed E-state index contributed by atoms with van der Waals surface area (Å²) in [6, 6.07) is 6.57. The number of allylic oxidation sites excluding steroid dienone is 1. The standard InChI is InChI=1S/C25H23F3N6O2S2/c1-2-10-34-20(12-21(35)30-16-7-5-6-15(11-16)25(26,27)28)32-33-24(34)37-14-22(36)31-23-18(13-29)17-8-3-4-9-19(17)38-23/h2,5-7,11H,1,3-4,8-10,12,14H2,(H,30,35)(H,31,36). The second-order valence-corrected chi connectivity index (χ2v) is 10.5. The van der Waals surface area contributed by atoms with E-state index in [2.05, 4.69) is 33.5 Å². The van der Waals surface area contributed by atoms with Gasteiger partial charge in [0.1, 0.15) is 16.9 Å². The Morgan fingerprint density at radius 3 is 2.74 bits per heavy atom. The highest BCUT2D eigenvalue weighted by Gasteiger charge is 2.30. The van der Waals surface area contributed by atoms with Gasteiger partial charge < -0.3 is 15.2 Å². The van der Waals surface area contributed by atoms with E-state index in [4.69, 9.17) is 0 Å². The second-order valence-electron chi connectivity index (χ2n) is 8.47. The molecule has 0 spiro atoms. The van der Waals surface area contributed by atoms with Crippen molar-refractivity contribution in [2.75, 3.05) is 16.4 Å². The van der Waals surface area contributed by atoms with Gasteiger partial charge in [0.15, 0.2) is 5.16 Å². The number of aryl methyl sites for hydroxylation is 1. The van der Waals surface area contributed by atoms with Gasteiger partial charge in [-0.05, 0) is 49.4 Å². The molecule has 1 aliphatic rings. The minimum atomic E-state index is -4.53. The lowest BCUT2D eigenvalue weighted by Gasteiger charge is -2.10. The van der Waals surface area contributed by atoms with Crippen molar-refractivity contribution in [3.63, 3.8) is 0 Å². The van der Waals surface area contributed by atoms with Gasteiger partial charge in [0, 0.05) is 17.1 Å².